The summed E-state index contributed by atoms with van der Waals surface area (Å²) in [7, 11) is 0. The highest BCUT2D eigenvalue weighted by Gasteiger charge is 2.32. The molecule has 0 bridgehead atoms. The van der Waals surface area contributed by atoms with Crippen LogP contribution in [0.1, 0.15) is 29.8 Å². The zero-order chi connectivity index (χ0) is 16.8. The van der Waals surface area contributed by atoms with Crippen LogP contribution < -0.4 is 5.73 Å². The molecule has 0 aliphatic rings. The first-order chi connectivity index (χ1) is 9.93. The molecule has 0 aliphatic carbocycles. The predicted molar refractivity (Wildman–Crippen MR) is 57.3 cm³/mol. The van der Waals surface area contributed by atoms with Crippen molar-refractivity contribution in [1.82, 2.24) is 10.1 Å². The molecule has 0 aromatic carbocycles. The number of rotatable bonds is 2. The van der Waals surface area contributed by atoms with Crippen LogP contribution in [0.5, 0.6) is 0 Å². The van der Waals surface area contributed by atoms with Gasteiger partial charge >= 0.3 is 6.18 Å². The van der Waals surface area contributed by atoms with Gasteiger partial charge in [-0.3, -0.25) is 4.98 Å². The maximum Gasteiger partial charge on any atom is 0.433 e. The average molecular weight is 261 g/mol. The molecule has 2 heterocycles. The number of nitrogens with zero attached hydrogens (tertiary/aromatic N) is 2. The number of hydrogen-bond donors (Lipinski definition) is 1. The third kappa shape index (κ3) is 2.51. The smallest absolute Gasteiger partial charge is 0.359 e. The molecule has 0 spiro atoms. The van der Waals surface area contributed by atoms with Crippen molar-refractivity contribution in [1.29, 1.82) is 0 Å². The Morgan fingerprint density at radius 2 is 2.28 bits per heavy atom. The van der Waals surface area contributed by atoms with E-state index < -0.39 is 30.5 Å². The van der Waals surface area contributed by atoms with Gasteiger partial charge in [0.05, 0.1) is 7.39 Å². The van der Waals surface area contributed by atoms with Crippen LogP contribution in [0.25, 0.3) is 11.3 Å². The normalized spacial score (nSPS) is 19.3. The van der Waals surface area contributed by atoms with Crippen LogP contribution >= 0.6 is 0 Å². The van der Waals surface area contributed by atoms with E-state index in [1.54, 1.807) is 0 Å². The fourth-order valence-electron chi connectivity index (χ4n) is 1.28. The minimum absolute atomic E-state index is 0.0127. The van der Waals surface area contributed by atoms with E-state index in [-0.39, 0.29) is 11.3 Å². The van der Waals surface area contributed by atoms with E-state index in [0.717, 1.165) is 18.3 Å². The molecule has 0 saturated carbocycles. The van der Waals surface area contributed by atoms with Gasteiger partial charge in [0, 0.05) is 21.9 Å². The molecule has 0 aliphatic heterocycles. The van der Waals surface area contributed by atoms with Gasteiger partial charge in [0.25, 0.3) is 0 Å². The lowest BCUT2D eigenvalue weighted by atomic mass is 10.1. The third-order valence-corrected chi connectivity index (χ3v) is 2.12. The van der Waals surface area contributed by atoms with E-state index in [2.05, 4.69) is 10.1 Å². The van der Waals surface area contributed by atoms with Gasteiger partial charge in [0.2, 0.25) is 0 Å². The molecule has 2 N–H and O–H groups in total. The van der Waals surface area contributed by atoms with Gasteiger partial charge in [0.15, 0.2) is 5.76 Å². The summed E-state index contributed by atoms with van der Waals surface area (Å²) >= 11 is 0. The van der Waals surface area contributed by atoms with Gasteiger partial charge in [-0.25, -0.2) is 0 Å². The first kappa shape index (κ1) is 8.25. The summed E-state index contributed by atoms with van der Waals surface area (Å²) < 4.78 is 71.7. The third-order valence-electron chi connectivity index (χ3n) is 2.12. The number of aromatic nitrogens is 2. The molecule has 0 amide bonds. The van der Waals surface area contributed by atoms with Gasteiger partial charge in [-0.15, -0.1) is 0 Å². The van der Waals surface area contributed by atoms with Gasteiger partial charge in [0.1, 0.15) is 11.4 Å². The fourth-order valence-corrected chi connectivity index (χ4v) is 1.28. The number of hydrogen-bond acceptors (Lipinski definition) is 4. The van der Waals surface area contributed by atoms with Gasteiger partial charge in [-0.1, -0.05) is 5.16 Å². The number of nitrogens with two attached hydrogens (primary N) is 1. The van der Waals surface area contributed by atoms with Crippen LogP contribution in [0.3, 0.4) is 0 Å². The number of alkyl halides is 3. The second-order valence-electron chi connectivity index (χ2n) is 3.42. The topological polar surface area (TPSA) is 64.9 Å². The molecular formula is C11H10F3N3O. The van der Waals surface area contributed by atoms with E-state index >= 15 is 0 Å². The minimum Gasteiger partial charge on any atom is -0.359 e. The standard InChI is InChI=1S/C11H10F3N3O/c1-6(15)9-5-8(17-18-9)7-2-3-16-10(4-7)11(12,13)14/h2-6H,15H2,1H3/i1D3,6D. The zero-order valence-electron chi connectivity index (χ0n) is 12.8. The zero-order valence-corrected chi connectivity index (χ0v) is 8.82. The first-order valence-corrected chi connectivity index (χ1v) is 4.72. The molecule has 0 fully saturated rings. The Labute approximate surface area is 106 Å². The summed E-state index contributed by atoms with van der Waals surface area (Å²) in [6.45, 7) is -2.89. The highest BCUT2D eigenvalue weighted by molar-refractivity contribution is 5.59. The lowest BCUT2D eigenvalue weighted by Crippen LogP contribution is -2.07. The van der Waals surface area contributed by atoms with Crippen molar-refractivity contribution in [3.8, 4) is 11.3 Å². The highest BCUT2D eigenvalue weighted by atomic mass is 19.4. The largest absolute Gasteiger partial charge is 0.433 e. The van der Waals surface area contributed by atoms with Crippen LogP contribution in [0.15, 0.2) is 28.9 Å². The Morgan fingerprint density at radius 1 is 1.50 bits per heavy atom. The Balaban J connectivity index is 2.41. The minimum atomic E-state index is -4.63. The molecule has 7 heteroatoms. The van der Waals surface area contributed by atoms with E-state index in [9.17, 15) is 13.2 Å². The van der Waals surface area contributed by atoms with Crippen molar-refractivity contribution < 1.29 is 23.2 Å². The lowest BCUT2D eigenvalue weighted by Gasteiger charge is -2.05. The first-order valence-electron chi connectivity index (χ1n) is 6.72. The molecule has 1 atom stereocenters. The van der Waals surface area contributed by atoms with Crippen LogP contribution in [0.4, 0.5) is 13.2 Å². The summed E-state index contributed by atoms with van der Waals surface area (Å²) in [5, 5.41) is 3.47. The molecule has 1 unspecified atom stereocenters. The van der Waals surface area contributed by atoms with Gasteiger partial charge < -0.3 is 10.3 Å². The van der Waals surface area contributed by atoms with Crippen LogP contribution in [-0.2, 0) is 6.18 Å². The van der Waals surface area contributed by atoms with E-state index in [1.807, 2.05) is 0 Å². The molecule has 96 valence electrons. The number of halogens is 3. The second kappa shape index (κ2) is 4.41. The van der Waals surface area contributed by atoms with Crippen molar-refractivity contribution >= 4 is 0 Å². The molecule has 2 aromatic rings. The summed E-state index contributed by atoms with van der Waals surface area (Å²) in [6, 6.07) is 0.445. The number of pyridine rings is 1. The molecule has 2 aromatic heterocycles. The maximum absolute atomic E-state index is 12.6. The van der Waals surface area contributed by atoms with E-state index in [0.29, 0.717) is 0 Å². The summed E-state index contributed by atoms with van der Waals surface area (Å²) in [4.78, 5) is 3.20. The summed E-state index contributed by atoms with van der Waals surface area (Å²) in [5.74, 6) is -0.479. The van der Waals surface area contributed by atoms with Crippen molar-refractivity contribution in [3.05, 3.63) is 35.9 Å². The Bertz CT molecular complexity index is 682. The van der Waals surface area contributed by atoms with Crippen molar-refractivity contribution in [2.24, 2.45) is 5.73 Å². The van der Waals surface area contributed by atoms with Crippen LogP contribution in [0.2, 0.25) is 0 Å². The van der Waals surface area contributed by atoms with Crippen molar-refractivity contribution in [2.75, 3.05) is 0 Å². The summed E-state index contributed by atoms with van der Waals surface area (Å²) in [5.41, 5.74) is 4.19. The molecule has 0 saturated heterocycles. The fraction of sp³-hybridized carbons (Fsp3) is 0.273. The quantitative estimate of drug-likeness (QED) is 0.902. The summed E-state index contributed by atoms with van der Waals surface area (Å²) in [6.07, 6.45) is -3.69. The highest BCUT2D eigenvalue weighted by Crippen LogP contribution is 2.30. The van der Waals surface area contributed by atoms with Gasteiger partial charge in [-0.05, 0) is 19.0 Å². The SMILES string of the molecule is [2H]C([2H])([2H])C([2H])(N)c1cc(-c2ccnc(C(F)(F)F)c2)no1. The van der Waals surface area contributed by atoms with Crippen molar-refractivity contribution in [2.45, 2.75) is 19.0 Å². The maximum atomic E-state index is 12.6. The molecule has 0 radical (unpaired) electrons. The van der Waals surface area contributed by atoms with E-state index in [4.69, 9.17) is 15.7 Å². The van der Waals surface area contributed by atoms with Crippen LogP contribution in [-0.4, -0.2) is 10.1 Å². The van der Waals surface area contributed by atoms with Gasteiger partial charge in [-0.2, -0.15) is 13.2 Å². The Hall–Kier alpha value is -1.89. The Morgan fingerprint density at radius 3 is 2.94 bits per heavy atom. The second-order valence-corrected chi connectivity index (χ2v) is 3.42. The molecular weight excluding hydrogens is 247 g/mol. The predicted octanol–water partition coefficient (Wildman–Crippen LogP) is 2.78. The average Bonchev–Trinajstić information content (AvgIpc) is 2.86. The Kier molecular flexibility index (Phi) is 2.02. The molecule has 2 rings (SSSR count). The molecule has 4 nitrogen and oxygen atoms in total. The van der Waals surface area contributed by atoms with Crippen molar-refractivity contribution in [3.63, 3.8) is 0 Å². The lowest BCUT2D eigenvalue weighted by molar-refractivity contribution is -0.141. The molecule has 18 heavy (non-hydrogen) atoms. The van der Waals surface area contributed by atoms with Crippen LogP contribution in [0, 0.1) is 0 Å². The van der Waals surface area contributed by atoms with E-state index in [1.165, 1.54) is 6.07 Å². The monoisotopic (exact) mass is 261 g/mol.